The molecule has 0 aliphatic heterocycles. The second kappa shape index (κ2) is 6.95. The summed E-state index contributed by atoms with van der Waals surface area (Å²) in [7, 11) is 1.48. The number of likely N-dealkylation sites (N-methyl/N-ethyl adjacent to an activating group) is 1. The quantitative estimate of drug-likeness (QED) is 0.833. The van der Waals surface area contributed by atoms with E-state index in [1.54, 1.807) is 49.4 Å². The van der Waals surface area contributed by atoms with Gasteiger partial charge in [0.05, 0.1) is 16.0 Å². The van der Waals surface area contributed by atoms with Crippen LogP contribution in [0.1, 0.15) is 28.8 Å². The van der Waals surface area contributed by atoms with Gasteiger partial charge in [-0.15, -0.1) is 0 Å². The minimum absolute atomic E-state index is 0.299. The predicted molar refractivity (Wildman–Crippen MR) is 88.4 cm³/mol. The lowest BCUT2D eigenvalue weighted by Gasteiger charge is -2.20. The van der Waals surface area contributed by atoms with Crippen LogP contribution in [0.2, 0.25) is 10.0 Å². The van der Waals surface area contributed by atoms with Gasteiger partial charge < -0.3 is 0 Å². The van der Waals surface area contributed by atoms with Gasteiger partial charge in [-0.3, -0.25) is 14.5 Å². The Morgan fingerprint density at radius 2 is 1.64 bits per heavy atom. The number of nitrogens with zero attached hydrogens (tertiary/aromatic N) is 1. The van der Waals surface area contributed by atoms with Crippen LogP contribution in [0.4, 0.5) is 0 Å². The molecule has 0 N–H and O–H groups in total. The molecule has 1 unspecified atom stereocenters. The fourth-order valence-electron chi connectivity index (χ4n) is 2.09. The number of rotatable bonds is 3. The fraction of sp³-hybridized carbons (Fsp3) is 0.176. The summed E-state index contributed by atoms with van der Waals surface area (Å²) in [6.45, 7) is 1.73. The lowest BCUT2D eigenvalue weighted by Crippen LogP contribution is -2.36. The van der Waals surface area contributed by atoms with Crippen molar-refractivity contribution in [1.29, 1.82) is 0 Å². The maximum atomic E-state index is 12.5. The monoisotopic (exact) mass is 335 g/mol. The van der Waals surface area contributed by atoms with E-state index < -0.39 is 5.92 Å². The lowest BCUT2D eigenvalue weighted by molar-refractivity contribution is -0.128. The van der Waals surface area contributed by atoms with Crippen molar-refractivity contribution < 1.29 is 9.59 Å². The van der Waals surface area contributed by atoms with E-state index >= 15 is 0 Å². The Hall–Kier alpha value is -1.84. The highest BCUT2D eigenvalue weighted by Gasteiger charge is 2.25. The van der Waals surface area contributed by atoms with Gasteiger partial charge in [0.1, 0.15) is 0 Å². The van der Waals surface area contributed by atoms with Crippen molar-refractivity contribution in [1.82, 2.24) is 4.90 Å². The summed E-state index contributed by atoms with van der Waals surface area (Å²) in [5.74, 6) is -1.13. The first-order chi connectivity index (χ1) is 10.4. The highest BCUT2D eigenvalue weighted by molar-refractivity contribution is 6.42. The molecule has 2 amide bonds. The van der Waals surface area contributed by atoms with Gasteiger partial charge >= 0.3 is 0 Å². The molecule has 2 aromatic carbocycles. The minimum Gasteiger partial charge on any atom is -0.281 e. The number of amides is 2. The molecular weight excluding hydrogens is 321 g/mol. The van der Waals surface area contributed by atoms with Crippen LogP contribution >= 0.6 is 23.2 Å². The summed E-state index contributed by atoms with van der Waals surface area (Å²) in [6.07, 6.45) is 0. The molecule has 2 aromatic rings. The number of imide groups is 1. The molecule has 0 radical (unpaired) electrons. The summed E-state index contributed by atoms with van der Waals surface area (Å²) in [5, 5.41) is 0.814. The SMILES string of the molecule is CC(C(=O)N(C)C(=O)c1ccccc1)c1ccc(Cl)c(Cl)c1. The van der Waals surface area contributed by atoms with Gasteiger partial charge in [0.2, 0.25) is 5.91 Å². The number of hydrogen-bond acceptors (Lipinski definition) is 2. The Bertz CT molecular complexity index is 701. The highest BCUT2D eigenvalue weighted by Crippen LogP contribution is 2.27. The molecular formula is C17H15Cl2NO2. The first-order valence-electron chi connectivity index (χ1n) is 6.73. The van der Waals surface area contributed by atoms with Gasteiger partial charge in [0, 0.05) is 12.6 Å². The summed E-state index contributed by atoms with van der Waals surface area (Å²) in [6, 6.07) is 13.7. The number of benzene rings is 2. The van der Waals surface area contributed by atoms with Crippen LogP contribution in [-0.2, 0) is 4.79 Å². The molecule has 0 heterocycles. The van der Waals surface area contributed by atoms with E-state index in [1.165, 1.54) is 7.05 Å². The molecule has 2 rings (SSSR count). The van der Waals surface area contributed by atoms with Crippen LogP contribution in [0.3, 0.4) is 0 Å². The van der Waals surface area contributed by atoms with Crippen molar-refractivity contribution in [2.45, 2.75) is 12.8 Å². The van der Waals surface area contributed by atoms with Gasteiger partial charge in [-0.2, -0.15) is 0 Å². The zero-order chi connectivity index (χ0) is 16.3. The molecule has 0 bridgehead atoms. The van der Waals surface area contributed by atoms with E-state index in [0.29, 0.717) is 21.2 Å². The van der Waals surface area contributed by atoms with Crippen molar-refractivity contribution in [3.63, 3.8) is 0 Å². The molecule has 0 aliphatic carbocycles. The Kier molecular flexibility index (Phi) is 5.22. The Balaban J connectivity index is 2.19. The Labute approximate surface area is 139 Å². The second-order valence-electron chi connectivity index (χ2n) is 4.96. The third kappa shape index (κ3) is 3.49. The topological polar surface area (TPSA) is 37.4 Å². The van der Waals surface area contributed by atoms with Gasteiger partial charge in [0.25, 0.3) is 5.91 Å². The number of hydrogen-bond donors (Lipinski definition) is 0. The first kappa shape index (κ1) is 16.5. The maximum Gasteiger partial charge on any atom is 0.260 e. The highest BCUT2D eigenvalue weighted by atomic mass is 35.5. The smallest absolute Gasteiger partial charge is 0.260 e. The van der Waals surface area contributed by atoms with Gasteiger partial charge in [-0.1, -0.05) is 47.5 Å². The molecule has 5 heteroatoms. The van der Waals surface area contributed by atoms with E-state index in [2.05, 4.69) is 0 Å². The number of carbonyl (C=O) groups is 2. The molecule has 0 fully saturated rings. The lowest BCUT2D eigenvalue weighted by atomic mass is 9.99. The Morgan fingerprint density at radius 3 is 2.23 bits per heavy atom. The van der Waals surface area contributed by atoms with E-state index in [1.807, 2.05) is 6.07 Å². The predicted octanol–water partition coefficient (Wildman–Crippen LogP) is 4.40. The second-order valence-corrected chi connectivity index (χ2v) is 5.78. The average Bonchev–Trinajstić information content (AvgIpc) is 2.55. The van der Waals surface area contributed by atoms with Gasteiger partial charge in [0.15, 0.2) is 0 Å². The summed E-state index contributed by atoms with van der Waals surface area (Å²) < 4.78 is 0. The minimum atomic E-state index is -0.493. The van der Waals surface area contributed by atoms with Crippen LogP contribution in [0, 0.1) is 0 Å². The van der Waals surface area contributed by atoms with Crippen LogP contribution in [0.15, 0.2) is 48.5 Å². The maximum absolute atomic E-state index is 12.5. The molecule has 0 saturated carbocycles. The van der Waals surface area contributed by atoms with Crippen molar-refractivity contribution in [3.8, 4) is 0 Å². The molecule has 0 aromatic heterocycles. The van der Waals surface area contributed by atoms with Crippen molar-refractivity contribution in [2.24, 2.45) is 0 Å². The number of halogens is 2. The first-order valence-corrected chi connectivity index (χ1v) is 7.49. The Morgan fingerprint density at radius 1 is 1.00 bits per heavy atom. The molecule has 0 saturated heterocycles. The standard InChI is InChI=1S/C17H15Cl2NO2/c1-11(13-8-9-14(18)15(19)10-13)16(21)20(2)17(22)12-6-4-3-5-7-12/h3-11H,1-2H3. The van der Waals surface area contributed by atoms with E-state index in [0.717, 1.165) is 4.90 Å². The van der Waals surface area contributed by atoms with Crippen LogP contribution < -0.4 is 0 Å². The van der Waals surface area contributed by atoms with Crippen LogP contribution in [0.5, 0.6) is 0 Å². The van der Waals surface area contributed by atoms with Gasteiger partial charge in [-0.05, 0) is 36.8 Å². The summed E-state index contributed by atoms with van der Waals surface area (Å²) in [4.78, 5) is 25.9. The van der Waals surface area contributed by atoms with E-state index in [9.17, 15) is 9.59 Å². The summed E-state index contributed by atoms with van der Waals surface area (Å²) in [5.41, 5.74) is 1.19. The van der Waals surface area contributed by atoms with Crippen molar-refractivity contribution in [3.05, 3.63) is 69.7 Å². The zero-order valence-corrected chi connectivity index (χ0v) is 13.7. The normalized spacial score (nSPS) is 11.8. The summed E-state index contributed by atoms with van der Waals surface area (Å²) >= 11 is 11.9. The third-order valence-electron chi connectivity index (χ3n) is 3.47. The van der Waals surface area contributed by atoms with Crippen molar-refractivity contribution in [2.75, 3.05) is 7.05 Å². The van der Waals surface area contributed by atoms with Crippen molar-refractivity contribution >= 4 is 35.0 Å². The molecule has 1 atom stereocenters. The van der Waals surface area contributed by atoms with E-state index in [4.69, 9.17) is 23.2 Å². The molecule has 114 valence electrons. The van der Waals surface area contributed by atoms with Crippen LogP contribution in [0.25, 0.3) is 0 Å². The van der Waals surface area contributed by atoms with Gasteiger partial charge in [-0.25, -0.2) is 0 Å². The average molecular weight is 336 g/mol. The van der Waals surface area contributed by atoms with E-state index in [-0.39, 0.29) is 11.8 Å². The fourth-order valence-corrected chi connectivity index (χ4v) is 2.40. The molecule has 0 spiro atoms. The molecule has 22 heavy (non-hydrogen) atoms. The third-order valence-corrected chi connectivity index (χ3v) is 4.21. The number of carbonyl (C=O) groups excluding carboxylic acids is 2. The molecule has 3 nitrogen and oxygen atoms in total. The zero-order valence-electron chi connectivity index (χ0n) is 12.2. The largest absolute Gasteiger partial charge is 0.281 e. The molecule has 0 aliphatic rings. The van der Waals surface area contributed by atoms with Crippen LogP contribution in [-0.4, -0.2) is 23.8 Å².